The van der Waals surface area contributed by atoms with Gasteiger partial charge in [0.25, 0.3) is 5.91 Å². The first-order valence-electron chi connectivity index (χ1n) is 7.19. The van der Waals surface area contributed by atoms with Gasteiger partial charge in [0.1, 0.15) is 5.70 Å². The number of rotatable bonds is 3. The number of nitrogens with one attached hydrogen (secondary N) is 1. The van der Waals surface area contributed by atoms with Crippen molar-refractivity contribution in [3.05, 3.63) is 75.9 Å². The predicted octanol–water partition coefficient (Wildman–Crippen LogP) is 3.74. The van der Waals surface area contributed by atoms with Crippen molar-refractivity contribution in [2.75, 3.05) is 0 Å². The fourth-order valence-corrected chi connectivity index (χ4v) is 2.54. The smallest absolute Gasteiger partial charge is 0.303 e. The largest absolute Gasteiger partial charge is 0.329 e. The van der Waals surface area contributed by atoms with E-state index in [0.29, 0.717) is 5.02 Å². The molecular weight excluding hydrogens is 312 g/mol. The Balaban J connectivity index is 1.82. The molecule has 5 heteroatoms. The van der Waals surface area contributed by atoms with Crippen molar-refractivity contribution in [1.82, 2.24) is 10.2 Å². The summed E-state index contributed by atoms with van der Waals surface area (Å²) in [4.78, 5) is 25.7. The summed E-state index contributed by atoms with van der Waals surface area (Å²) in [6.07, 6.45) is 1.67. The first-order chi connectivity index (χ1) is 11.0. The van der Waals surface area contributed by atoms with Gasteiger partial charge in [-0.15, -0.1) is 0 Å². The van der Waals surface area contributed by atoms with E-state index in [1.54, 1.807) is 24.3 Å². The predicted molar refractivity (Wildman–Crippen MR) is 89.7 cm³/mol. The third-order valence-corrected chi connectivity index (χ3v) is 4.01. The number of carbonyl (C=O) groups is 2. The van der Waals surface area contributed by atoms with E-state index in [1.807, 2.05) is 37.3 Å². The second kappa shape index (κ2) is 6.26. The van der Waals surface area contributed by atoms with Crippen LogP contribution in [0.5, 0.6) is 0 Å². The maximum Gasteiger partial charge on any atom is 0.329 e. The Labute approximate surface area is 139 Å². The molecule has 0 radical (unpaired) electrons. The fraction of sp³-hybridized carbons (Fsp3) is 0.111. The lowest BCUT2D eigenvalue weighted by atomic mass is 10.1. The van der Waals surface area contributed by atoms with Crippen molar-refractivity contribution in [1.29, 1.82) is 0 Å². The molecule has 0 aliphatic carbocycles. The van der Waals surface area contributed by atoms with Crippen molar-refractivity contribution in [3.63, 3.8) is 0 Å². The molecule has 116 valence electrons. The molecular formula is C18H15ClN2O2. The average Bonchev–Trinajstić information content (AvgIpc) is 2.79. The highest BCUT2D eigenvalue weighted by atomic mass is 35.5. The summed E-state index contributed by atoms with van der Waals surface area (Å²) in [5.41, 5.74) is 2.99. The molecule has 0 atom stereocenters. The summed E-state index contributed by atoms with van der Waals surface area (Å²) in [6, 6.07) is 14.4. The molecule has 1 aliphatic rings. The van der Waals surface area contributed by atoms with Crippen molar-refractivity contribution in [3.8, 4) is 0 Å². The van der Waals surface area contributed by atoms with Gasteiger partial charge in [-0.1, -0.05) is 59.6 Å². The quantitative estimate of drug-likeness (QED) is 0.690. The molecule has 4 nitrogen and oxygen atoms in total. The highest BCUT2D eigenvalue weighted by molar-refractivity contribution is 6.31. The highest BCUT2D eigenvalue weighted by Crippen LogP contribution is 2.21. The van der Waals surface area contributed by atoms with Crippen LogP contribution in [0.4, 0.5) is 4.79 Å². The van der Waals surface area contributed by atoms with Gasteiger partial charge >= 0.3 is 6.03 Å². The number of carbonyl (C=O) groups excluding carboxylic acids is 2. The first kappa shape index (κ1) is 15.3. The van der Waals surface area contributed by atoms with Crippen molar-refractivity contribution in [2.45, 2.75) is 13.5 Å². The van der Waals surface area contributed by atoms with Gasteiger partial charge in [-0.2, -0.15) is 0 Å². The van der Waals surface area contributed by atoms with Crippen LogP contribution in [0.25, 0.3) is 6.08 Å². The molecule has 1 heterocycles. The summed E-state index contributed by atoms with van der Waals surface area (Å²) in [5, 5.41) is 3.14. The molecule has 1 aliphatic heterocycles. The van der Waals surface area contributed by atoms with Gasteiger partial charge in [0.15, 0.2) is 0 Å². The molecule has 0 aromatic heterocycles. The zero-order valence-corrected chi connectivity index (χ0v) is 13.3. The van der Waals surface area contributed by atoms with Crippen molar-refractivity contribution < 1.29 is 9.59 Å². The Bertz CT molecular complexity index is 797. The average molecular weight is 327 g/mol. The Morgan fingerprint density at radius 2 is 1.78 bits per heavy atom. The molecule has 23 heavy (non-hydrogen) atoms. The van der Waals surface area contributed by atoms with Gasteiger partial charge in [0.05, 0.1) is 6.54 Å². The normalized spacial score (nSPS) is 16.1. The van der Waals surface area contributed by atoms with Crippen LogP contribution in [0.15, 0.2) is 54.2 Å². The highest BCUT2D eigenvalue weighted by Gasteiger charge is 2.33. The molecule has 3 amide bonds. The number of hydrogen-bond donors (Lipinski definition) is 1. The maximum absolute atomic E-state index is 12.4. The van der Waals surface area contributed by atoms with Gasteiger partial charge in [0.2, 0.25) is 0 Å². The number of imide groups is 1. The number of benzene rings is 2. The molecule has 0 spiro atoms. The van der Waals surface area contributed by atoms with Crippen LogP contribution >= 0.6 is 11.6 Å². The maximum atomic E-state index is 12.4. The zero-order chi connectivity index (χ0) is 16.4. The molecule has 1 N–H and O–H groups in total. The number of amides is 3. The topological polar surface area (TPSA) is 49.4 Å². The van der Waals surface area contributed by atoms with Crippen molar-refractivity contribution >= 4 is 29.6 Å². The lowest BCUT2D eigenvalue weighted by Gasteiger charge is -2.12. The number of urea groups is 1. The van der Waals surface area contributed by atoms with E-state index in [-0.39, 0.29) is 18.1 Å². The second-order valence-electron chi connectivity index (χ2n) is 5.38. The summed E-state index contributed by atoms with van der Waals surface area (Å²) in [6.45, 7) is 2.14. The Morgan fingerprint density at radius 3 is 2.48 bits per heavy atom. The molecule has 2 aromatic carbocycles. The molecule has 3 rings (SSSR count). The zero-order valence-electron chi connectivity index (χ0n) is 12.5. The molecule has 0 saturated carbocycles. The van der Waals surface area contributed by atoms with Gasteiger partial charge in [0, 0.05) is 5.02 Å². The Kier molecular flexibility index (Phi) is 4.17. The second-order valence-corrected chi connectivity index (χ2v) is 5.79. The van der Waals surface area contributed by atoms with Crippen LogP contribution < -0.4 is 5.32 Å². The minimum atomic E-state index is -0.437. The summed E-state index contributed by atoms with van der Waals surface area (Å²) in [5.74, 6) is -0.351. The van der Waals surface area contributed by atoms with E-state index >= 15 is 0 Å². The molecule has 2 aromatic rings. The van der Waals surface area contributed by atoms with E-state index in [0.717, 1.165) is 21.6 Å². The van der Waals surface area contributed by atoms with E-state index < -0.39 is 6.03 Å². The van der Waals surface area contributed by atoms with Crippen LogP contribution in [0, 0.1) is 6.92 Å². The van der Waals surface area contributed by atoms with E-state index in [9.17, 15) is 9.59 Å². The van der Waals surface area contributed by atoms with E-state index in [2.05, 4.69) is 5.32 Å². The Hall–Kier alpha value is -2.59. The minimum Gasteiger partial charge on any atom is -0.303 e. The first-order valence-corrected chi connectivity index (χ1v) is 7.57. The van der Waals surface area contributed by atoms with Crippen LogP contribution in [-0.4, -0.2) is 16.8 Å². The number of nitrogens with zero attached hydrogens (tertiary/aromatic N) is 1. The molecule has 1 fully saturated rings. The monoisotopic (exact) mass is 326 g/mol. The number of aryl methyl sites for hydroxylation is 1. The molecule has 0 bridgehead atoms. The summed E-state index contributed by atoms with van der Waals surface area (Å²) >= 11 is 6.09. The molecule has 1 saturated heterocycles. The third-order valence-electron chi connectivity index (χ3n) is 3.64. The fourth-order valence-electron chi connectivity index (χ4n) is 2.34. The van der Waals surface area contributed by atoms with Crippen molar-refractivity contribution in [2.24, 2.45) is 0 Å². The van der Waals surface area contributed by atoms with E-state index in [4.69, 9.17) is 11.6 Å². The van der Waals surface area contributed by atoms with Crippen LogP contribution in [0.2, 0.25) is 5.02 Å². The minimum absolute atomic E-state index is 0.148. The third kappa shape index (κ3) is 3.27. The lowest BCUT2D eigenvalue weighted by molar-refractivity contribution is -0.123. The Morgan fingerprint density at radius 1 is 1.09 bits per heavy atom. The van der Waals surface area contributed by atoms with Gasteiger partial charge in [-0.3, -0.25) is 9.69 Å². The number of halogens is 1. The van der Waals surface area contributed by atoms with Crippen LogP contribution in [0.1, 0.15) is 16.7 Å². The van der Waals surface area contributed by atoms with Crippen LogP contribution in [0.3, 0.4) is 0 Å². The van der Waals surface area contributed by atoms with Gasteiger partial charge in [-0.25, -0.2) is 4.79 Å². The SMILES string of the molecule is Cc1ccc(C=C2NC(=O)N(Cc3ccccc3Cl)C2=O)cc1. The summed E-state index contributed by atoms with van der Waals surface area (Å²) in [7, 11) is 0. The van der Waals surface area contributed by atoms with E-state index in [1.165, 1.54) is 0 Å². The lowest BCUT2D eigenvalue weighted by Crippen LogP contribution is -2.30. The number of hydrogen-bond acceptors (Lipinski definition) is 2. The van der Waals surface area contributed by atoms with Crippen LogP contribution in [-0.2, 0) is 11.3 Å². The standard InChI is InChI=1S/C18H15ClN2O2/c1-12-6-8-13(9-7-12)10-16-17(22)21(18(23)20-16)11-14-4-2-3-5-15(14)19/h2-10H,11H2,1H3,(H,20,23). The summed E-state index contributed by atoms with van der Waals surface area (Å²) < 4.78 is 0. The van der Waals surface area contributed by atoms with Gasteiger partial charge < -0.3 is 5.32 Å². The van der Waals surface area contributed by atoms with Gasteiger partial charge in [-0.05, 0) is 30.2 Å². The molecule has 0 unspecified atom stereocenters.